The molecule has 1 saturated heterocycles. The molecule has 0 aromatic heterocycles. The number of hydrogen-bond acceptors (Lipinski definition) is 5. The standard InChI is InChI=1S/C17H26N4O2S/c1-13-4-3-9-21(12-13)24(22,23)16-7-5-15(6-8-16)11-19-17-18-10-14(2)20-17/h5-8,13-14H,3-4,9-12H2,1-2H3,(H2,18,19,20). The lowest BCUT2D eigenvalue weighted by Gasteiger charge is -2.30. The summed E-state index contributed by atoms with van der Waals surface area (Å²) in [4.78, 5) is 4.73. The third kappa shape index (κ3) is 3.89. The van der Waals surface area contributed by atoms with Crippen molar-refractivity contribution < 1.29 is 8.42 Å². The van der Waals surface area contributed by atoms with Gasteiger partial charge in [-0.2, -0.15) is 4.31 Å². The summed E-state index contributed by atoms with van der Waals surface area (Å²) in [6.45, 7) is 6.85. The zero-order valence-electron chi connectivity index (χ0n) is 14.3. The fourth-order valence-corrected chi connectivity index (χ4v) is 4.74. The number of rotatable bonds is 4. The first kappa shape index (κ1) is 17.2. The van der Waals surface area contributed by atoms with Gasteiger partial charge >= 0.3 is 0 Å². The fourth-order valence-electron chi connectivity index (χ4n) is 3.14. The molecule has 0 amide bonds. The van der Waals surface area contributed by atoms with E-state index in [1.54, 1.807) is 16.4 Å². The van der Waals surface area contributed by atoms with Gasteiger partial charge in [-0.1, -0.05) is 19.1 Å². The van der Waals surface area contributed by atoms with Crippen molar-refractivity contribution in [3.63, 3.8) is 0 Å². The molecule has 2 N–H and O–H groups in total. The lowest BCUT2D eigenvalue weighted by molar-refractivity contribution is 0.281. The van der Waals surface area contributed by atoms with Crippen molar-refractivity contribution >= 4 is 16.0 Å². The molecule has 0 saturated carbocycles. The van der Waals surface area contributed by atoms with Crippen LogP contribution in [0.3, 0.4) is 0 Å². The molecular formula is C17H26N4O2S. The maximum absolute atomic E-state index is 12.7. The Morgan fingerprint density at radius 1 is 1.29 bits per heavy atom. The van der Waals surface area contributed by atoms with Crippen LogP contribution in [0.25, 0.3) is 0 Å². The Kier molecular flexibility index (Phi) is 5.10. The average Bonchev–Trinajstić information content (AvgIpc) is 2.99. The van der Waals surface area contributed by atoms with Gasteiger partial charge in [0.25, 0.3) is 0 Å². The summed E-state index contributed by atoms with van der Waals surface area (Å²) in [6, 6.07) is 7.52. The van der Waals surface area contributed by atoms with Gasteiger partial charge in [-0.05, 0) is 43.4 Å². The number of aliphatic imine (C=N–C) groups is 1. The van der Waals surface area contributed by atoms with Crippen LogP contribution in [-0.4, -0.2) is 44.4 Å². The van der Waals surface area contributed by atoms with Crippen LogP contribution >= 0.6 is 0 Å². The quantitative estimate of drug-likeness (QED) is 0.864. The highest BCUT2D eigenvalue weighted by atomic mass is 32.2. The second-order valence-corrected chi connectivity index (χ2v) is 8.78. The van der Waals surface area contributed by atoms with Crippen LogP contribution in [0, 0.1) is 5.92 Å². The Morgan fingerprint density at radius 2 is 2.04 bits per heavy atom. The first-order valence-electron chi connectivity index (χ1n) is 8.59. The highest BCUT2D eigenvalue weighted by Gasteiger charge is 2.28. The lowest BCUT2D eigenvalue weighted by atomic mass is 10.0. The Morgan fingerprint density at radius 3 is 2.67 bits per heavy atom. The Labute approximate surface area is 144 Å². The second-order valence-electron chi connectivity index (χ2n) is 6.84. The van der Waals surface area contributed by atoms with Crippen LogP contribution < -0.4 is 10.6 Å². The first-order valence-corrected chi connectivity index (χ1v) is 10.0. The van der Waals surface area contributed by atoms with E-state index in [0.717, 1.165) is 30.9 Å². The van der Waals surface area contributed by atoms with Gasteiger partial charge in [0.15, 0.2) is 5.96 Å². The third-order valence-electron chi connectivity index (χ3n) is 4.55. The molecule has 2 unspecified atom stereocenters. The Hall–Kier alpha value is -1.60. The van der Waals surface area contributed by atoms with Crippen molar-refractivity contribution in [2.45, 2.75) is 44.2 Å². The Balaban J connectivity index is 1.63. The topological polar surface area (TPSA) is 73.8 Å². The number of sulfonamides is 1. The van der Waals surface area contributed by atoms with Crippen LogP contribution in [0.15, 0.2) is 34.2 Å². The molecule has 24 heavy (non-hydrogen) atoms. The van der Waals surface area contributed by atoms with E-state index in [-0.39, 0.29) is 0 Å². The van der Waals surface area contributed by atoms with E-state index in [1.807, 2.05) is 12.1 Å². The number of hydrogen-bond donors (Lipinski definition) is 2. The summed E-state index contributed by atoms with van der Waals surface area (Å²) in [5.74, 6) is 1.24. The maximum Gasteiger partial charge on any atom is 0.243 e. The van der Waals surface area contributed by atoms with Crippen molar-refractivity contribution in [2.24, 2.45) is 10.9 Å². The summed E-state index contributed by atoms with van der Waals surface area (Å²) >= 11 is 0. The van der Waals surface area contributed by atoms with Gasteiger partial charge in [0, 0.05) is 25.7 Å². The molecule has 0 spiro atoms. The summed E-state index contributed by atoms with van der Waals surface area (Å²) in [5.41, 5.74) is 1.03. The van der Waals surface area contributed by atoms with Crippen molar-refractivity contribution in [2.75, 3.05) is 19.6 Å². The van der Waals surface area contributed by atoms with Crippen LogP contribution in [0.2, 0.25) is 0 Å². The minimum absolute atomic E-state index is 0.368. The van der Waals surface area contributed by atoms with E-state index in [9.17, 15) is 8.42 Å². The molecule has 2 heterocycles. The lowest BCUT2D eigenvalue weighted by Crippen LogP contribution is -2.39. The van der Waals surface area contributed by atoms with Gasteiger partial charge in [0.2, 0.25) is 10.0 Å². The fraction of sp³-hybridized carbons (Fsp3) is 0.588. The maximum atomic E-state index is 12.7. The number of nitrogens with one attached hydrogen (secondary N) is 2. The molecule has 1 aromatic carbocycles. The minimum atomic E-state index is -3.37. The summed E-state index contributed by atoms with van der Waals surface area (Å²) in [7, 11) is -3.37. The molecule has 2 aliphatic rings. The van der Waals surface area contributed by atoms with E-state index < -0.39 is 10.0 Å². The van der Waals surface area contributed by atoms with E-state index in [4.69, 9.17) is 0 Å². The van der Waals surface area contributed by atoms with Gasteiger partial charge in [-0.25, -0.2) is 8.42 Å². The number of guanidine groups is 1. The average molecular weight is 350 g/mol. The van der Waals surface area contributed by atoms with Gasteiger partial charge in [-0.3, -0.25) is 4.99 Å². The number of piperidine rings is 1. The summed E-state index contributed by atoms with van der Waals surface area (Å²) in [5, 5.41) is 6.48. The molecule has 2 atom stereocenters. The highest BCUT2D eigenvalue weighted by molar-refractivity contribution is 7.89. The smallest absolute Gasteiger partial charge is 0.243 e. The molecule has 132 valence electrons. The molecular weight excluding hydrogens is 324 g/mol. The number of benzene rings is 1. The Bertz CT molecular complexity index is 700. The molecule has 6 nitrogen and oxygen atoms in total. The van der Waals surface area contributed by atoms with Crippen LogP contribution in [0.4, 0.5) is 0 Å². The molecule has 2 aliphatic heterocycles. The van der Waals surface area contributed by atoms with Crippen molar-refractivity contribution in [1.82, 2.24) is 14.9 Å². The zero-order chi connectivity index (χ0) is 17.2. The number of nitrogens with zero attached hydrogens (tertiary/aromatic N) is 2. The molecule has 3 rings (SSSR count). The van der Waals surface area contributed by atoms with E-state index in [2.05, 4.69) is 29.5 Å². The highest BCUT2D eigenvalue weighted by Crippen LogP contribution is 2.23. The molecule has 1 fully saturated rings. The summed E-state index contributed by atoms with van der Waals surface area (Å²) < 4.78 is 27.1. The van der Waals surface area contributed by atoms with Crippen molar-refractivity contribution in [3.05, 3.63) is 29.8 Å². The van der Waals surface area contributed by atoms with Crippen LogP contribution in [0.5, 0.6) is 0 Å². The normalized spacial score (nSPS) is 25.2. The van der Waals surface area contributed by atoms with E-state index in [0.29, 0.717) is 36.5 Å². The molecule has 0 bridgehead atoms. The minimum Gasteiger partial charge on any atom is -0.352 e. The third-order valence-corrected chi connectivity index (χ3v) is 6.43. The molecule has 0 radical (unpaired) electrons. The second kappa shape index (κ2) is 7.11. The van der Waals surface area contributed by atoms with Crippen molar-refractivity contribution in [3.8, 4) is 0 Å². The van der Waals surface area contributed by atoms with Gasteiger partial charge in [0.05, 0.1) is 11.4 Å². The molecule has 0 aliphatic carbocycles. The molecule has 1 aromatic rings. The van der Waals surface area contributed by atoms with Gasteiger partial charge in [-0.15, -0.1) is 0 Å². The van der Waals surface area contributed by atoms with E-state index >= 15 is 0 Å². The van der Waals surface area contributed by atoms with Crippen LogP contribution in [-0.2, 0) is 16.6 Å². The SMILES string of the molecule is CC1CCCN(S(=O)(=O)c2ccc(CNC3=NCC(C)N3)cc2)C1. The molecule has 7 heteroatoms. The zero-order valence-corrected chi connectivity index (χ0v) is 15.1. The van der Waals surface area contributed by atoms with Crippen LogP contribution in [0.1, 0.15) is 32.3 Å². The monoisotopic (exact) mass is 350 g/mol. The first-order chi connectivity index (χ1) is 11.4. The van der Waals surface area contributed by atoms with Crippen molar-refractivity contribution in [1.29, 1.82) is 0 Å². The van der Waals surface area contributed by atoms with E-state index in [1.165, 1.54) is 0 Å². The van der Waals surface area contributed by atoms with Gasteiger partial charge < -0.3 is 10.6 Å². The van der Waals surface area contributed by atoms with Gasteiger partial charge in [0.1, 0.15) is 0 Å². The largest absolute Gasteiger partial charge is 0.352 e. The predicted octanol–water partition coefficient (Wildman–Crippen LogP) is 1.54. The summed E-state index contributed by atoms with van der Waals surface area (Å²) in [6.07, 6.45) is 2.04. The predicted molar refractivity (Wildman–Crippen MR) is 95.3 cm³/mol.